The normalized spacial score (nSPS) is 15.2. The van der Waals surface area contributed by atoms with Gasteiger partial charge in [0.1, 0.15) is 0 Å². The average Bonchev–Trinajstić information content (AvgIpc) is 2.46. The van der Waals surface area contributed by atoms with Crippen LogP contribution in [0.15, 0.2) is 4.52 Å². The highest BCUT2D eigenvalue weighted by Crippen LogP contribution is 2.29. The first-order chi connectivity index (χ1) is 7.09. The number of aromatic nitrogens is 2. The van der Waals surface area contributed by atoms with Crippen LogP contribution in [0.1, 0.15) is 59.3 Å². The van der Waals surface area contributed by atoms with E-state index < -0.39 is 0 Å². The van der Waals surface area contributed by atoms with E-state index in [4.69, 9.17) is 10.3 Å². The Morgan fingerprint density at radius 3 is 2.19 bits per heavy atom. The summed E-state index contributed by atoms with van der Waals surface area (Å²) in [4.78, 5) is 4.36. The number of nitrogens with zero attached hydrogens (tertiary/aromatic N) is 2. The molecule has 4 heteroatoms. The second-order valence-corrected chi connectivity index (χ2v) is 6.63. The zero-order chi connectivity index (χ0) is 12.6. The molecule has 0 saturated carbocycles. The molecule has 0 aliphatic carbocycles. The fraction of sp³-hybridized carbons (Fsp3) is 0.833. The highest BCUT2D eigenvalue weighted by Gasteiger charge is 2.28. The lowest BCUT2D eigenvalue weighted by molar-refractivity contribution is 0.251. The van der Waals surface area contributed by atoms with Crippen molar-refractivity contribution in [1.82, 2.24) is 10.1 Å². The lowest BCUT2D eigenvalue weighted by Crippen LogP contribution is -2.26. The zero-order valence-corrected chi connectivity index (χ0v) is 11.2. The molecule has 1 aromatic rings. The first-order valence-corrected chi connectivity index (χ1v) is 5.68. The van der Waals surface area contributed by atoms with Gasteiger partial charge in [0.25, 0.3) is 0 Å². The molecular weight excluding hydrogens is 202 g/mol. The van der Waals surface area contributed by atoms with Gasteiger partial charge in [0.05, 0.1) is 6.04 Å². The Labute approximate surface area is 97.6 Å². The largest absolute Gasteiger partial charge is 0.338 e. The minimum absolute atomic E-state index is 0.0640. The second kappa shape index (κ2) is 4.17. The molecule has 1 aromatic heterocycles. The van der Waals surface area contributed by atoms with Crippen LogP contribution in [0.2, 0.25) is 0 Å². The molecule has 16 heavy (non-hydrogen) atoms. The van der Waals surface area contributed by atoms with Crippen LogP contribution in [0.25, 0.3) is 0 Å². The van der Waals surface area contributed by atoms with Crippen LogP contribution in [0.3, 0.4) is 0 Å². The van der Waals surface area contributed by atoms with Gasteiger partial charge in [0.2, 0.25) is 5.89 Å². The van der Waals surface area contributed by atoms with E-state index in [1.165, 1.54) is 0 Å². The molecule has 0 spiro atoms. The molecule has 0 fully saturated rings. The van der Waals surface area contributed by atoms with Crippen LogP contribution in [0, 0.1) is 10.8 Å². The van der Waals surface area contributed by atoms with Gasteiger partial charge in [-0.2, -0.15) is 4.98 Å². The third kappa shape index (κ3) is 3.59. The Balaban J connectivity index is 2.80. The van der Waals surface area contributed by atoms with Crippen LogP contribution < -0.4 is 5.73 Å². The van der Waals surface area contributed by atoms with Crippen molar-refractivity contribution in [3.63, 3.8) is 0 Å². The van der Waals surface area contributed by atoms with Gasteiger partial charge >= 0.3 is 0 Å². The molecule has 0 saturated heterocycles. The fourth-order valence-corrected chi connectivity index (χ4v) is 1.31. The zero-order valence-electron chi connectivity index (χ0n) is 11.2. The van der Waals surface area contributed by atoms with Crippen LogP contribution in [0.4, 0.5) is 0 Å². The van der Waals surface area contributed by atoms with Crippen molar-refractivity contribution in [2.45, 2.75) is 54.0 Å². The SMILES string of the molecule is CC(C)(C)Cc1noc([C@H](N)C(C)(C)C)n1. The summed E-state index contributed by atoms with van der Waals surface area (Å²) >= 11 is 0. The topological polar surface area (TPSA) is 64.9 Å². The Morgan fingerprint density at radius 2 is 1.75 bits per heavy atom. The first kappa shape index (κ1) is 13.2. The predicted octanol–water partition coefficient (Wildman–Crippen LogP) is 2.70. The van der Waals surface area contributed by atoms with Crippen LogP contribution in [-0.2, 0) is 6.42 Å². The molecule has 0 amide bonds. The molecule has 1 atom stereocenters. The van der Waals surface area contributed by atoms with Crippen molar-refractivity contribution in [2.75, 3.05) is 0 Å². The highest BCUT2D eigenvalue weighted by atomic mass is 16.5. The summed E-state index contributed by atoms with van der Waals surface area (Å²) in [6.07, 6.45) is 0.799. The van der Waals surface area contributed by atoms with E-state index in [1.54, 1.807) is 0 Å². The third-order valence-electron chi connectivity index (χ3n) is 2.37. The molecule has 0 aromatic carbocycles. The standard InChI is InChI=1S/C12H23N3O/c1-11(2,3)7-8-14-10(16-15-8)9(13)12(4,5)6/h9H,7,13H2,1-6H3/t9-/m0/s1. The molecule has 2 N–H and O–H groups in total. The van der Waals surface area contributed by atoms with E-state index in [-0.39, 0.29) is 16.9 Å². The number of rotatable bonds is 2. The maximum absolute atomic E-state index is 6.05. The Morgan fingerprint density at radius 1 is 1.19 bits per heavy atom. The molecule has 0 aliphatic rings. The summed E-state index contributed by atoms with van der Waals surface area (Å²) in [6, 6.07) is -0.214. The van der Waals surface area contributed by atoms with Gasteiger partial charge in [0.15, 0.2) is 5.82 Å². The van der Waals surface area contributed by atoms with Gasteiger partial charge in [0, 0.05) is 6.42 Å². The molecular formula is C12H23N3O. The third-order valence-corrected chi connectivity index (χ3v) is 2.37. The quantitative estimate of drug-likeness (QED) is 0.840. The summed E-state index contributed by atoms with van der Waals surface area (Å²) in [6.45, 7) is 12.6. The van der Waals surface area contributed by atoms with Gasteiger partial charge in [-0.3, -0.25) is 0 Å². The summed E-state index contributed by atoms with van der Waals surface area (Å²) in [5, 5.41) is 3.97. The van der Waals surface area contributed by atoms with Crippen molar-refractivity contribution in [3.8, 4) is 0 Å². The molecule has 1 rings (SSSR count). The smallest absolute Gasteiger partial charge is 0.244 e. The van der Waals surface area contributed by atoms with Gasteiger partial charge < -0.3 is 10.3 Å². The number of nitrogens with two attached hydrogens (primary N) is 1. The average molecular weight is 225 g/mol. The van der Waals surface area contributed by atoms with E-state index in [9.17, 15) is 0 Å². The van der Waals surface area contributed by atoms with Crippen molar-refractivity contribution in [1.29, 1.82) is 0 Å². The first-order valence-electron chi connectivity index (χ1n) is 5.68. The van der Waals surface area contributed by atoms with E-state index in [0.717, 1.165) is 12.2 Å². The maximum Gasteiger partial charge on any atom is 0.244 e. The van der Waals surface area contributed by atoms with E-state index >= 15 is 0 Å². The molecule has 0 radical (unpaired) electrons. The van der Waals surface area contributed by atoms with E-state index in [2.05, 4.69) is 51.7 Å². The predicted molar refractivity (Wildman–Crippen MR) is 63.8 cm³/mol. The Bertz CT molecular complexity index is 344. The summed E-state index contributed by atoms with van der Waals surface area (Å²) in [5.41, 5.74) is 6.15. The second-order valence-electron chi connectivity index (χ2n) is 6.63. The molecule has 1 heterocycles. The summed E-state index contributed by atoms with van der Waals surface area (Å²) in [5.74, 6) is 1.27. The highest BCUT2D eigenvalue weighted by molar-refractivity contribution is 4.97. The van der Waals surface area contributed by atoms with Crippen molar-refractivity contribution >= 4 is 0 Å². The van der Waals surface area contributed by atoms with Crippen molar-refractivity contribution in [2.24, 2.45) is 16.6 Å². The lowest BCUT2D eigenvalue weighted by Gasteiger charge is -2.23. The van der Waals surface area contributed by atoms with Crippen molar-refractivity contribution in [3.05, 3.63) is 11.7 Å². The fourth-order valence-electron chi connectivity index (χ4n) is 1.31. The van der Waals surface area contributed by atoms with Crippen LogP contribution in [0.5, 0.6) is 0 Å². The summed E-state index contributed by atoms with van der Waals surface area (Å²) in [7, 11) is 0. The molecule has 0 unspecified atom stereocenters. The van der Waals surface area contributed by atoms with Crippen LogP contribution in [-0.4, -0.2) is 10.1 Å². The van der Waals surface area contributed by atoms with Gasteiger partial charge in [-0.1, -0.05) is 46.7 Å². The molecule has 0 bridgehead atoms. The number of hydrogen-bond acceptors (Lipinski definition) is 4. The Kier molecular flexibility index (Phi) is 3.43. The van der Waals surface area contributed by atoms with Crippen LogP contribution >= 0.6 is 0 Å². The van der Waals surface area contributed by atoms with E-state index in [0.29, 0.717) is 5.89 Å². The Hall–Kier alpha value is -0.900. The minimum atomic E-state index is -0.214. The van der Waals surface area contributed by atoms with Gasteiger partial charge in [-0.25, -0.2) is 0 Å². The maximum atomic E-state index is 6.05. The number of hydrogen-bond donors (Lipinski definition) is 1. The monoisotopic (exact) mass is 225 g/mol. The molecule has 4 nitrogen and oxygen atoms in total. The van der Waals surface area contributed by atoms with E-state index in [1.807, 2.05) is 0 Å². The molecule has 0 aliphatic heterocycles. The van der Waals surface area contributed by atoms with Crippen molar-refractivity contribution < 1.29 is 4.52 Å². The lowest BCUT2D eigenvalue weighted by atomic mass is 9.87. The van der Waals surface area contributed by atoms with Gasteiger partial charge in [-0.15, -0.1) is 0 Å². The summed E-state index contributed by atoms with van der Waals surface area (Å²) < 4.78 is 5.21. The molecule has 92 valence electrons. The van der Waals surface area contributed by atoms with Gasteiger partial charge in [-0.05, 0) is 10.8 Å². The minimum Gasteiger partial charge on any atom is -0.338 e.